The fraction of sp³-hybridized carbons (Fsp3) is 0.586. The number of hydrogen-bond donors (Lipinski definition) is 0. The zero-order valence-electron chi connectivity index (χ0n) is 22.0. The van der Waals surface area contributed by atoms with E-state index in [1.54, 1.807) is 14.2 Å². The lowest BCUT2D eigenvalue weighted by Crippen LogP contribution is -2.73. The molecule has 9 heteroatoms. The Bertz CT molecular complexity index is 1100. The van der Waals surface area contributed by atoms with Crippen LogP contribution in [0.2, 0.25) is 5.02 Å². The van der Waals surface area contributed by atoms with Crippen LogP contribution in [0.3, 0.4) is 0 Å². The first-order chi connectivity index (χ1) is 18.4. The van der Waals surface area contributed by atoms with Gasteiger partial charge in [-0.15, -0.1) is 0 Å². The molecule has 0 aromatic heterocycles. The van der Waals surface area contributed by atoms with E-state index in [0.717, 1.165) is 58.4 Å². The molecule has 2 aromatic carbocycles. The summed E-state index contributed by atoms with van der Waals surface area (Å²) < 4.78 is 38.9. The SMILES string of the molecule is CCOc1ccc(Cc2cc(C3OC(CI)C4OC5(OC)CCCCC5(OC)OC4C3I)ccc2Cl)cc1. The Morgan fingerprint density at radius 3 is 2.24 bits per heavy atom. The van der Waals surface area contributed by atoms with Crippen molar-refractivity contribution in [1.29, 1.82) is 0 Å². The predicted molar refractivity (Wildman–Crippen MR) is 164 cm³/mol. The smallest absolute Gasteiger partial charge is 0.223 e. The lowest BCUT2D eigenvalue weighted by molar-refractivity contribution is -0.480. The van der Waals surface area contributed by atoms with Crippen LogP contribution in [0.4, 0.5) is 0 Å². The second-order valence-electron chi connectivity index (χ2n) is 10.1. The van der Waals surface area contributed by atoms with Crippen LogP contribution in [-0.4, -0.2) is 59.1 Å². The highest BCUT2D eigenvalue weighted by atomic mass is 127. The van der Waals surface area contributed by atoms with Crippen molar-refractivity contribution in [2.75, 3.05) is 25.3 Å². The van der Waals surface area contributed by atoms with E-state index < -0.39 is 11.6 Å². The quantitative estimate of drug-likeness (QED) is 0.212. The fourth-order valence-corrected chi connectivity index (χ4v) is 8.04. The molecule has 0 radical (unpaired) electrons. The standard InChI is InChI=1S/C29H35ClI2O6/c1-4-35-21-10-7-18(8-11-21)15-20-16-19(9-12-22(20)30)25-24(32)27-26(23(17-31)36-25)37-28(33-2)13-5-6-14-29(28,34-3)38-27/h7-12,16,23-27H,4-6,13-15,17H2,1-3H3. The Labute approximate surface area is 257 Å². The first kappa shape index (κ1) is 29.3. The Kier molecular flexibility index (Phi) is 9.51. The zero-order chi connectivity index (χ0) is 26.9. The first-order valence-electron chi connectivity index (χ1n) is 13.2. The molecule has 208 valence electrons. The fourth-order valence-electron chi connectivity index (χ4n) is 6.01. The summed E-state index contributed by atoms with van der Waals surface area (Å²) >= 11 is 11.5. The van der Waals surface area contributed by atoms with Crippen LogP contribution in [0, 0.1) is 0 Å². The van der Waals surface area contributed by atoms with E-state index in [4.69, 9.17) is 40.0 Å². The van der Waals surface area contributed by atoms with E-state index in [2.05, 4.69) is 69.4 Å². The minimum Gasteiger partial charge on any atom is -0.494 e. The van der Waals surface area contributed by atoms with Gasteiger partial charge in [-0.3, -0.25) is 0 Å². The Hall–Kier alpha value is -0.210. The topological polar surface area (TPSA) is 55.4 Å². The lowest BCUT2D eigenvalue weighted by Gasteiger charge is -2.60. The Morgan fingerprint density at radius 2 is 1.63 bits per heavy atom. The van der Waals surface area contributed by atoms with Gasteiger partial charge in [-0.05, 0) is 61.1 Å². The number of methoxy groups -OCH3 is 2. The van der Waals surface area contributed by atoms with Crippen LogP contribution in [0.15, 0.2) is 42.5 Å². The van der Waals surface area contributed by atoms with Crippen molar-refractivity contribution in [2.45, 2.75) is 78.9 Å². The maximum Gasteiger partial charge on any atom is 0.223 e. The van der Waals surface area contributed by atoms with E-state index in [1.165, 1.54) is 5.56 Å². The highest BCUT2D eigenvalue weighted by molar-refractivity contribution is 14.1. The van der Waals surface area contributed by atoms with Crippen molar-refractivity contribution < 1.29 is 28.4 Å². The third-order valence-electron chi connectivity index (χ3n) is 7.95. The molecule has 0 N–H and O–H groups in total. The molecule has 2 aliphatic heterocycles. The average molecular weight is 769 g/mol. The van der Waals surface area contributed by atoms with Crippen molar-refractivity contribution in [1.82, 2.24) is 0 Å². The molecular formula is C29H35ClI2O6. The molecule has 5 rings (SSSR count). The van der Waals surface area contributed by atoms with Crippen molar-refractivity contribution in [3.8, 4) is 5.75 Å². The van der Waals surface area contributed by atoms with Crippen molar-refractivity contribution in [2.24, 2.45) is 0 Å². The molecular weight excluding hydrogens is 734 g/mol. The summed E-state index contributed by atoms with van der Waals surface area (Å²) in [5.41, 5.74) is 3.33. The minimum atomic E-state index is -0.929. The van der Waals surface area contributed by atoms with Gasteiger partial charge < -0.3 is 28.4 Å². The monoisotopic (exact) mass is 768 g/mol. The molecule has 7 atom stereocenters. The molecule has 6 nitrogen and oxygen atoms in total. The number of hydrogen-bond acceptors (Lipinski definition) is 6. The average Bonchev–Trinajstić information content (AvgIpc) is 2.95. The van der Waals surface area contributed by atoms with Gasteiger partial charge in [0.2, 0.25) is 11.6 Å². The maximum atomic E-state index is 6.90. The summed E-state index contributed by atoms with van der Waals surface area (Å²) in [6.45, 7) is 2.64. The molecule has 2 aromatic rings. The number of fused-ring (bicyclic) bond motifs is 2. The highest BCUT2D eigenvalue weighted by Crippen LogP contribution is 2.53. The van der Waals surface area contributed by atoms with Crippen LogP contribution >= 0.6 is 56.8 Å². The van der Waals surface area contributed by atoms with E-state index >= 15 is 0 Å². The summed E-state index contributed by atoms with van der Waals surface area (Å²) in [5.74, 6) is -0.984. The van der Waals surface area contributed by atoms with Gasteiger partial charge in [0.05, 0.1) is 22.7 Å². The molecule has 3 aliphatic rings. The van der Waals surface area contributed by atoms with Gasteiger partial charge in [0.1, 0.15) is 18.0 Å². The Morgan fingerprint density at radius 1 is 0.974 bits per heavy atom. The van der Waals surface area contributed by atoms with E-state index in [9.17, 15) is 0 Å². The van der Waals surface area contributed by atoms with Crippen molar-refractivity contribution >= 4 is 56.8 Å². The molecule has 38 heavy (non-hydrogen) atoms. The minimum absolute atomic E-state index is 0.000101. The molecule has 2 heterocycles. The molecule has 2 saturated heterocycles. The summed E-state index contributed by atoms with van der Waals surface area (Å²) in [6.07, 6.45) is 3.42. The second kappa shape index (κ2) is 12.3. The molecule has 0 spiro atoms. The lowest BCUT2D eigenvalue weighted by atomic mass is 9.83. The third-order valence-corrected chi connectivity index (χ3v) is 10.5. The van der Waals surface area contributed by atoms with Crippen molar-refractivity contribution in [3.05, 3.63) is 64.2 Å². The number of alkyl halides is 2. The number of ether oxygens (including phenoxy) is 6. The van der Waals surface area contributed by atoms with Gasteiger partial charge in [0.25, 0.3) is 0 Å². The van der Waals surface area contributed by atoms with Gasteiger partial charge in [0, 0.05) is 36.5 Å². The summed E-state index contributed by atoms with van der Waals surface area (Å²) in [6, 6.07) is 14.4. The number of rotatable bonds is 8. The first-order valence-corrected chi connectivity index (χ1v) is 16.4. The summed E-state index contributed by atoms with van der Waals surface area (Å²) in [5, 5.41) is 0.745. The zero-order valence-corrected chi connectivity index (χ0v) is 27.0. The molecule has 1 aliphatic carbocycles. The molecule has 0 bridgehead atoms. The van der Waals surface area contributed by atoms with Gasteiger partial charge in [-0.25, -0.2) is 0 Å². The van der Waals surface area contributed by atoms with Crippen LogP contribution in [0.1, 0.15) is 55.4 Å². The maximum absolute atomic E-state index is 6.90. The highest BCUT2D eigenvalue weighted by Gasteiger charge is 2.66. The number of halogens is 3. The Balaban J connectivity index is 1.42. The largest absolute Gasteiger partial charge is 0.494 e. The van der Waals surface area contributed by atoms with Gasteiger partial charge in [0.15, 0.2) is 0 Å². The summed E-state index contributed by atoms with van der Waals surface area (Å²) in [7, 11) is 3.39. The van der Waals surface area contributed by atoms with Gasteiger partial charge in [-0.2, -0.15) is 0 Å². The van der Waals surface area contributed by atoms with Crippen LogP contribution < -0.4 is 4.74 Å². The van der Waals surface area contributed by atoms with E-state index in [1.807, 2.05) is 25.1 Å². The van der Waals surface area contributed by atoms with E-state index in [-0.39, 0.29) is 28.3 Å². The van der Waals surface area contributed by atoms with E-state index in [0.29, 0.717) is 6.61 Å². The van der Waals surface area contributed by atoms with Crippen LogP contribution in [0.5, 0.6) is 5.75 Å². The molecule has 0 amide bonds. The molecule has 7 unspecified atom stereocenters. The van der Waals surface area contributed by atoms with Gasteiger partial charge in [-0.1, -0.05) is 81.0 Å². The predicted octanol–water partition coefficient (Wildman–Crippen LogP) is 7.05. The third kappa shape index (κ3) is 5.37. The number of benzene rings is 2. The second-order valence-corrected chi connectivity index (χ2v) is 12.8. The van der Waals surface area contributed by atoms with Crippen LogP contribution in [-0.2, 0) is 30.1 Å². The summed E-state index contributed by atoms with van der Waals surface area (Å²) in [4.78, 5) is 0. The van der Waals surface area contributed by atoms with Crippen molar-refractivity contribution in [3.63, 3.8) is 0 Å². The van der Waals surface area contributed by atoms with Gasteiger partial charge >= 0.3 is 0 Å². The van der Waals surface area contributed by atoms with Crippen LogP contribution in [0.25, 0.3) is 0 Å². The molecule has 3 fully saturated rings. The normalized spacial score (nSPS) is 34.8. The molecule has 1 saturated carbocycles.